The van der Waals surface area contributed by atoms with Gasteiger partial charge in [0.2, 0.25) is 5.91 Å². The van der Waals surface area contributed by atoms with Crippen LogP contribution >= 0.6 is 0 Å². The first-order valence-electron chi connectivity index (χ1n) is 19.4. The average Bonchev–Trinajstić information content (AvgIpc) is 3.21. The summed E-state index contributed by atoms with van der Waals surface area (Å²) in [5, 5.41) is 152. The topological polar surface area (TPSA) is 395 Å². The molecule has 59 heavy (non-hydrogen) atoms. The molecule has 1 amide bonds. The van der Waals surface area contributed by atoms with Gasteiger partial charge in [-0.3, -0.25) is 4.79 Å². The van der Waals surface area contributed by atoms with Gasteiger partial charge in [0.05, 0.1) is 32.0 Å². The summed E-state index contributed by atoms with van der Waals surface area (Å²) in [4.78, 5) is 12.2. The Kier molecular flexibility index (Phi) is 17.1. The molecule has 0 radical (unpaired) electrons. The van der Waals surface area contributed by atoms with Crippen LogP contribution in [0.15, 0.2) is 0 Å². The van der Waals surface area contributed by atoms with E-state index in [0.29, 0.717) is 0 Å². The molecular weight excluding hydrogens is 806 g/mol. The Morgan fingerprint density at radius 3 is 1.34 bits per heavy atom. The second-order valence-electron chi connectivity index (χ2n) is 15.1. The molecule has 0 aliphatic carbocycles. The molecule has 5 rings (SSSR count). The van der Waals surface area contributed by atoms with E-state index >= 15 is 0 Å². The summed E-state index contributed by atoms with van der Waals surface area (Å²) in [7, 11) is 0. The molecule has 0 spiro atoms. The van der Waals surface area contributed by atoms with E-state index in [9.17, 15) is 76.3 Å². The number of hydrogen-bond donors (Lipinski definition) is 15. The molecule has 5 fully saturated rings. The fraction of sp³-hybridized carbons (Fsp3) is 0.971. The molecular formula is C34H59NO24. The first-order chi connectivity index (χ1) is 27.9. The Morgan fingerprint density at radius 1 is 0.441 bits per heavy atom. The van der Waals surface area contributed by atoms with Gasteiger partial charge in [-0.25, -0.2) is 0 Å². The number of hydrogen-bond acceptors (Lipinski definition) is 24. The van der Waals surface area contributed by atoms with Gasteiger partial charge in [0.1, 0.15) is 110 Å². The SMILES string of the molecule is CC[C@@H]1O[C@@H](O[C@@H]2[C@@H](O)[C@H](O)O[C@H](CO)[C@H]2O[C@@H]2O[C@H](CO)[C@H](O)[C@H](O[C@H]3O[C@H](CO)[C@H](O)[C@H](O)[C@H]3NC(C)=O)[C@H]2O[C@@H]2O[C@@H](CC)[C@@H](O)[C@@H](O)[C@@H]2O)[C@@H](O)[C@H](O)[C@@H]1O. The lowest BCUT2D eigenvalue weighted by Gasteiger charge is -2.51. The van der Waals surface area contributed by atoms with Gasteiger partial charge in [-0.2, -0.15) is 0 Å². The third-order valence-electron chi connectivity index (χ3n) is 11.2. The van der Waals surface area contributed by atoms with Gasteiger partial charge in [0.15, 0.2) is 31.5 Å². The Balaban J connectivity index is 1.56. The van der Waals surface area contributed by atoms with Crippen LogP contribution in [-0.2, 0) is 47.4 Å². The smallest absolute Gasteiger partial charge is 0.217 e. The Labute approximate surface area is 337 Å². The Bertz CT molecular complexity index is 1320. The van der Waals surface area contributed by atoms with Crippen LogP contribution in [0.4, 0.5) is 0 Å². The van der Waals surface area contributed by atoms with Crippen LogP contribution in [0, 0.1) is 0 Å². The average molecular weight is 866 g/mol. The fourth-order valence-corrected chi connectivity index (χ4v) is 7.77. The quantitative estimate of drug-likeness (QED) is 0.0771. The third-order valence-corrected chi connectivity index (χ3v) is 11.2. The molecule has 344 valence electrons. The van der Waals surface area contributed by atoms with E-state index in [1.807, 2.05) is 0 Å². The van der Waals surface area contributed by atoms with Gasteiger partial charge in [0.25, 0.3) is 0 Å². The highest BCUT2D eigenvalue weighted by molar-refractivity contribution is 5.73. The van der Waals surface area contributed by atoms with Crippen LogP contribution in [0.3, 0.4) is 0 Å². The molecule has 0 aromatic carbocycles. The number of carbonyl (C=O) groups is 1. The zero-order valence-corrected chi connectivity index (χ0v) is 32.3. The number of aliphatic hydroxyl groups is 14. The lowest BCUT2D eigenvalue weighted by molar-refractivity contribution is -0.409. The summed E-state index contributed by atoms with van der Waals surface area (Å²) < 4.78 is 52.8. The molecule has 15 N–H and O–H groups in total. The van der Waals surface area contributed by atoms with Gasteiger partial charge in [-0.05, 0) is 12.8 Å². The van der Waals surface area contributed by atoms with Crippen LogP contribution in [0.2, 0.25) is 0 Å². The number of nitrogens with one attached hydrogen (secondary N) is 1. The predicted molar refractivity (Wildman–Crippen MR) is 185 cm³/mol. The summed E-state index contributed by atoms with van der Waals surface area (Å²) in [6, 6.07) is -1.60. The largest absolute Gasteiger partial charge is 0.394 e. The molecule has 25 atom stereocenters. The molecule has 0 saturated carbocycles. The molecule has 25 nitrogen and oxygen atoms in total. The van der Waals surface area contributed by atoms with Gasteiger partial charge in [-0.15, -0.1) is 0 Å². The highest BCUT2D eigenvalue weighted by Gasteiger charge is 2.58. The van der Waals surface area contributed by atoms with Crippen LogP contribution in [0.5, 0.6) is 0 Å². The first kappa shape index (κ1) is 48.6. The summed E-state index contributed by atoms with van der Waals surface area (Å²) in [5.41, 5.74) is 0. The van der Waals surface area contributed by atoms with E-state index in [2.05, 4.69) is 5.32 Å². The minimum Gasteiger partial charge on any atom is -0.394 e. The Hall–Kier alpha value is -1.45. The van der Waals surface area contributed by atoms with E-state index in [1.54, 1.807) is 13.8 Å². The van der Waals surface area contributed by atoms with Gasteiger partial charge < -0.3 is 119 Å². The van der Waals surface area contributed by atoms with Crippen LogP contribution in [-0.4, -0.2) is 251 Å². The van der Waals surface area contributed by atoms with Crippen molar-refractivity contribution in [3.8, 4) is 0 Å². The van der Waals surface area contributed by atoms with Crippen molar-refractivity contribution < 1.29 is 119 Å². The van der Waals surface area contributed by atoms with E-state index in [-0.39, 0.29) is 12.8 Å². The number of carbonyl (C=O) groups excluding carboxylic acids is 1. The fourth-order valence-electron chi connectivity index (χ4n) is 7.77. The monoisotopic (exact) mass is 865 g/mol. The zero-order chi connectivity index (χ0) is 43.6. The molecule has 0 unspecified atom stereocenters. The lowest BCUT2D eigenvalue weighted by Crippen LogP contribution is -2.70. The Morgan fingerprint density at radius 2 is 0.847 bits per heavy atom. The van der Waals surface area contributed by atoms with E-state index in [4.69, 9.17) is 42.6 Å². The van der Waals surface area contributed by atoms with Crippen molar-refractivity contribution in [2.24, 2.45) is 0 Å². The zero-order valence-electron chi connectivity index (χ0n) is 32.3. The summed E-state index contributed by atoms with van der Waals surface area (Å²) in [6.45, 7) is 1.43. The number of aliphatic hydroxyl groups excluding tert-OH is 14. The molecule has 0 bridgehead atoms. The maximum atomic E-state index is 12.2. The summed E-state index contributed by atoms with van der Waals surface area (Å²) >= 11 is 0. The van der Waals surface area contributed by atoms with Crippen molar-refractivity contribution in [2.75, 3.05) is 19.8 Å². The molecule has 25 heteroatoms. The molecule has 0 aromatic heterocycles. The molecule has 5 heterocycles. The second kappa shape index (κ2) is 20.8. The highest BCUT2D eigenvalue weighted by Crippen LogP contribution is 2.37. The number of rotatable bonds is 14. The molecule has 0 aromatic rings. The van der Waals surface area contributed by atoms with Crippen molar-refractivity contribution in [3.05, 3.63) is 0 Å². The summed E-state index contributed by atoms with van der Waals surface area (Å²) in [5.74, 6) is -0.744. The third kappa shape index (κ3) is 10.2. The van der Waals surface area contributed by atoms with Gasteiger partial charge >= 0.3 is 0 Å². The standard InChI is InChI=1S/C34H59NO24/c1-4-10-16(40)21(45)23(47)32(52-10)58-28-25(49)30(50)51-14(8-38)26(28)56-34-29(59-33-24(48)22(46)17(41)11(5-2)53-33)27(19(43)13(7-37)55-34)57-31-15(35-9(3)39)20(44)18(42)12(6-36)54-31/h10-34,36-38,40-50H,4-8H2,1-3H3,(H,35,39)/t10-,11-,12+,13+,14+,15+,16+,17+,18-,19-,20+,21+,22+,23-,24-,25+,26+,27-,28+,29+,30+,31+,32-,33-,34-/m0/s1. The van der Waals surface area contributed by atoms with Crippen molar-refractivity contribution in [1.29, 1.82) is 0 Å². The maximum absolute atomic E-state index is 12.2. The van der Waals surface area contributed by atoms with Gasteiger partial charge in [-0.1, -0.05) is 13.8 Å². The summed E-state index contributed by atoms with van der Waals surface area (Å²) in [6.07, 6.45) is -42.5. The number of ether oxygens (including phenoxy) is 9. The first-order valence-corrected chi connectivity index (χ1v) is 19.4. The molecule has 5 saturated heterocycles. The van der Waals surface area contributed by atoms with Crippen LogP contribution in [0.1, 0.15) is 33.6 Å². The minimum absolute atomic E-state index is 0.0780. The molecule has 5 aliphatic heterocycles. The van der Waals surface area contributed by atoms with Crippen LogP contribution in [0.25, 0.3) is 0 Å². The van der Waals surface area contributed by atoms with Crippen molar-refractivity contribution in [1.82, 2.24) is 5.32 Å². The van der Waals surface area contributed by atoms with E-state index in [1.165, 1.54) is 0 Å². The van der Waals surface area contributed by atoms with Crippen molar-refractivity contribution in [2.45, 2.75) is 187 Å². The second-order valence-corrected chi connectivity index (χ2v) is 15.1. The predicted octanol–water partition coefficient (Wildman–Crippen LogP) is -8.95. The van der Waals surface area contributed by atoms with E-state index in [0.717, 1.165) is 6.92 Å². The van der Waals surface area contributed by atoms with Crippen LogP contribution < -0.4 is 5.32 Å². The molecule has 5 aliphatic rings. The maximum Gasteiger partial charge on any atom is 0.217 e. The van der Waals surface area contributed by atoms with Crippen molar-refractivity contribution >= 4 is 5.91 Å². The van der Waals surface area contributed by atoms with Crippen molar-refractivity contribution in [3.63, 3.8) is 0 Å². The minimum atomic E-state index is -2.07. The normalized spacial score (nSPS) is 51.0. The lowest BCUT2D eigenvalue weighted by atomic mass is 9.94. The highest BCUT2D eigenvalue weighted by atomic mass is 16.8. The van der Waals surface area contributed by atoms with E-state index < -0.39 is 179 Å². The van der Waals surface area contributed by atoms with Gasteiger partial charge in [0, 0.05) is 6.92 Å². The number of amides is 1.